The molecule has 0 radical (unpaired) electrons. The van der Waals surface area contributed by atoms with E-state index in [0.29, 0.717) is 5.92 Å². The van der Waals surface area contributed by atoms with Gasteiger partial charge in [-0.3, -0.25) is 4.98 Å². The molecule has 1 N–H and O–H groups in total. The van der Waals surface area contributed by atoms with E-state index in [1.165, 1.54) is 17.8 Å². The highest BCUT2D eigenvalue weighted by Gasteiger charge is 2.13. The average molecular weight is 258 g/mol. The second-order valence-electron chi connectivity index (χ2n) is 4.94. The SMILES string of the molecule is CNC(c1ccc(C(C)C)cc1)c1ccc(F)cn1. The molecule has 3 heteroatoms. The zero-order valence-corrected chi connectivity index (χ0v) is 11.5. The lowest BCUT2D eigenvalue weighted by Crippen LogP contribution is -2.18. The third kappa shape index (κ3) is 3.18. The van der Waals surface area contributed by atoms with E-state index in [2.05, 4.69) is 48.4 Å². The van der Waals surface area contributed by atoms with Crippen LogP contribution in [0.2, 0.25) is 0 Å². The lowest BCUT2D eigenvalue weighted by molar-refractivity contribution is 0.609. The van der Waals surface area contributed by atoms with Crippen LogP contribution < -0.4 is 5.32 Å². The summed E-state index contributed by atoms with van der Waals surface area (Å²) in [6, 6.07) is 11.6. The monoisotopic (exact) mass is 258 g/mol. The Morgan fingerprint density at radius 3 is 2.11 bits per heavy atom. The largest absolute Gasteiger partial charge is 0.308 e. The number of nitrogens with zero attached hydrogens (tertiary/aromatic N) is 1. The van der Waals surface area contributed by atoms with Crippen molar-refractivity contribution in [3.05, 3.63) is 65.2 Å². The summed E-state index contributed by atoms with van der Waals surface area (Å²) in [6.07, 6.45) is 1.25. The number of hydrogen-bond acceptors (Lipinski definition) is 2. The second-order valence-corrected chi connectivity index (χ2v) is 4.94. The van der Waals surface area contributed by atoms with Gasteiger partial charge in [-0.05, 0) is 36.2 Å². The molecule has 0 bridgehead atoms. The Morgan fingerprint density at radius 2 is 1.63 bits per heavy atom. The Morgan fingerprint density at radius 1 is 1.00 bits per heavy atom. The molecule has 1 aromatic carbocycles. The van der Waals surface area contributed by atoms with Crippen LogP contribution in [0, 0.1) is 5.82 Å². The minimum Gasteiger partial charge on any atom is -0.308 e. The highest BCUT2D eigenvalue weighted by molar-refractivity contribution is 5.31. The maximum absolute atomic E-state index is 12.9. The molecule has 0 aliphatic rings. The van der Waals surface area contributed by atoms with Gasteiger partial charge in [0.2, 0.25) is 0 Å². The first-order chi connectivity index (χ1) is 9.11. The summed E-state index contributed by atoms with van der Waals surface area (Å²) in [5.41, 5.74) is 3.26. The van der Waals surface area contributed by atoms with Crippen molar-refractivity contribution >= 4 is 0 Å². The van der Waals surface area contributed by atoms with E-state index in [4.69, 9.17) is 0 Å². The van der Waals surface area contributed by atoms with Crippen molar-refractivity contribution in [2.24, 2.45) is 0 Å². The van der Waals surface area contributed by atoms with Gasteiger partial charge in [0, 0.05) is 0 Å². The van der Waals surface area contributed by atoms with Crippen molar-refractivity contribution in [1.29, 1.82) is 0 Å². The number of benzene rings is 1. The smallest absolute Gasteiger partial charge is 0.141 e. The zero-order chi connectivity index (χ0) is 13.8. The Labute approximate surface area is 113 Å². The van der Waals surface area contributed by atoms with E-state index in [1.54, 1.807) is 6.07 Å². The number of aromatic nitrogens is 1. The predicted molar refractivity (Wildman–Crippen MR) is 75.6 cm³/mol. The Bertz CT molecular complexity index is 517. The topological polar surface area (TPSA) is 24.9 Å². The van der Waals surface area contributed by atoms with Crippen molar-refractivity contribution in [2.45, 2.75) is 25.8 Å². The van der Waals surface area contributed by atoms with Crippen molar-refractivity contribution in [1.82, 2.24) is 10.3 Å². The second kappa shape index (κ2) is 5.93. The summed E-state index contributed by atoms with van der Waals surface area (Å²) >= 11 is 0. The number of hydrogen-bond donors (Lipinski definition) is 1. The van der Waals surface area contributed by atoms with Gasteiger partial charge in [-0.1, -0.05) is 38.1 Å². The minimum atomic E-state index is -0.311. The lowest BCUT2D eigenvalue weighted by atomic mass is 9.97. The van der Waals surface area contributed by atoms with Crippen molar-refractivity contribution in [3.63, 3.8) is 0 Å². The minimum absolute atomic E-state index is 0.0122. The molecule has 0 spiro atoms. The van der Waals surface area contributed by atoms with E-state index in [0.717, 1.165) is 11.3 Å². The summed E-state index contributed by atoms with van der Waals surface area (Å²) < 4.78 is 12.9. The normalized spacial score (nSPS) is 12.7. The fourth-order valence-electron chi connectivity index (χ4n) is 2.12. The molecule has 0 saturated heterocycles. The van der Waals surface area contributed by atoms with Gasteiger partial charge in [0.05, 0.1) is 17.9 Å². The molecule has 2 nitrogen and oxygen atoms in total. The summed E-state index contributed by atoms with van der Waals surface area (Å²) in [4.78, 5) is 4.15. The van der Waals surface area contributed by atoms with E-state index in [1.807, 2.05) is 7.05 Å². The molecule has 0 aliphatic carbocycles. The maximum atomic E-state index is 12.9. The third-order valence-corrected chi connectivity index (χ3v) is 3.27. The molecule has 1 heterocycles. The van der Waals surface area contributed by atoms with Gasteiger partial charge in [-0.2, -0.15) is 0 Å². The molecule has 1 atom stereocenters. The molecule has 2 rings (SSSR count). The fraction of sp³-hybridized carbons (Fsp3) is 0.312. The Kier molecular flexibility index (Phi) is 4.27. The standard InChI is InChI=1S/C16H19FN2/c1-11(2)12-4-6-13(7-5-12)16(18-3)15-9-8-14(17)10-19-15/h4-11,16,18H,1-3H3. The quantitative estimate of drug-likeness (QED) is 0.905. The molecule has 2 aromatic rings. The lowest BCUT2D eigenvalue weighted by Gasteiger charge is -2.17. The molecule has 0 saturated carbocycles. The fourth-order valence-corrected chi connectivity index (χ4v) is 2.12. The van der Waals surface area contributed by atoms with E-state index in [-0.39, 0.29) is 11.9 Å². The molecule has 19 heavy (non-hydrogen) atoms. The van der Waals surface area contributed by atoms with Crippen LogP contribution in [0.25, 0.3) is 0 Å². The maximum Gasteiger partial charge on any atom is 0.141 e. The first-order valence-electron chi connectivity index (χ1n) is 6.50. The Hall–Kier alpha value is -1.74. The number of pyridine rings is 1. The molecule has 0 amide bonds. The summed E-state index contributed by atoms with van der Waals surface area (Å²) in [7, 11) is 1.88. The molecule has 100 valence electrons. The van der Waals surface area contributed by atoms with Gasteiger partial charge in [0.1, 0.15) is 5.82 Å². The zero-order valence-electron chi connectivity index (χ0n) is 11.5. The van der Waals surface area contributed by atoms with Gasteiger partial charge in [-0.25, -0.2) is 4.39 Å². The average Bonchev–Trinajstić information content (AvgIpc) is 2.42. The van der Waals surface area contributed by atoms with Crippen LogP contribution in [0.15, 0.2) is 42.6 Å². The van der Waals surface area contributed by atoms with Crippen molar-refractivity contribution in [2.75, 3.05) is 7.05 Å². The van der Waals surface area contributed by atoms with E-state index in [9.17, 15) is 4.39 Å². The molecule has 1 aromatic heterocycles. The van der Waals surface area contributed by atoms with Gasteiger partial charge in [0.25, 0.3) is 0 Å². The molecule has 1 unspecified atom stereocenters. The highest BCUT2D eigenvalue weighted by Crippen LogP contribution is 2.22. The predicted octanol–water partition coefficient (Wildman–Crippen LogP) is 3.65. The highest BCUT2D eigenvalue weighted by atomic mass is 19.1. The summed E-state index contributed by atoms with van der Waals surface area (Å²) in [6.45, 7) is 4.35. The van der Waals surface area contributed by atoms with Gasteiger partial charge in [-0.15, -0.1) is 0 Å². The Balaban J connectivity index is 2.28. The third-order valence-electron chi connectivity index (χ3n) is 3.27. The summed E-state index contributed by atoms with van der Waals surface area (Å²) in [5.74, 6) is 0.208. The first-order valence-corrected chi connectivity index (χ1v) is 6.50. The van der Waals surface area contributed by atoms with Crippen molar-refractivity contribution < 1.29 is 4.39 Å². The van der Waals surface area contributed by atoms with Crippen LogP contribution >= 0.6 is 0 Å². The van der Waals surface area contributed by atoms with Crippen LogP contribution in [-0.4, -0.2) is 12.0 Å². The molecule has 0 fully saturated rings. The molecular weight excluding hydrogens is 239 g/mol. The number of rotatable bonds is 4. The van der Waals surface area contributed by atoms with Gasteiger partial charge >= 0.3 is 0 Å². The number of nitrogens with one attached hydrogen (secondary N) is 1. The van der Waals surface area contributed by atoms with E-state index < -0.39 is 0 Å². The summed E-state index contributed by atoms with van der Waals surface area (Å²) in [5, 5.41) is 3.22. The van der Waals surface area contributed by atoms with E-state index >= 15 is 0 Å². The van der Waals surface area contributed by atoms with Crippen molar-refractivity contribution in [3.8, 4) is 0 Å². The van der Waals surface area contributed by atoms with Crippen LogP contribution in [0.5, 0.6) is 0 Å². The van der Waals surface area contributed by atoms with Gasteiger partial charge in [0.15, 0.2) is 0 Å². The van der Waals surface area contributed by atoms with Crippen LogP contribution in [0.4, 0.5) is 4.39 Å². The first kappa shape index (κ1) is 13.7. The molecular formula is C16H19FN2. The van der Waals surface area contributed by atoms with Crippen LogP contribution in [-0.2, 0) is 0 Å². The molecule has 0 aliphatic heterocycles. The number of halogens is 1. The van der Waals surface area contributed by atoms with Crippen LogP contribution in [0.1, 0.15) is 42.6 Å². The van der Waals surface area contributed by atoms with Gasteiger partial charge < -0.3 is 5.32 Å². The van der Waals surface area contributed by atoms with Crippen LogP contribution in [0.3, 0.4) is 0 Å².